The number of ether oxygens (including phenoxy) is 8. The highest BCUT2D eigenvalue weighted by atomic mass is 16.8. The van der Waals surface area contributed by atoms with E-state index in [1.807, 2.05) is 0 Å². The van der Waals surface area contributed by atoms with Gasteiger partial charge in [-0.2, -0.15) is 0 Å². The maximum atomic E-state index is 14.5. The number of hydrogen-bond donors (Lipinski definition) is 13. The minimum atomic E-state index is -2.59. The van der Waals surface area contributed by atoms with Gasteiger partial charge in [-0.1, -0.05) is 0 Å². The lowest BCUT2D eigenvalue weighted by Gasteiger charge is -2.43. The molecule has 0 aliphatic carbocycles. The molecule has 364 valence electrons. The van der Waals surface area contributed by atoms with Gasteiger partial charge in [-0.3, -0.25) is 9.59 Å². The molecule has 4 aromatic carbocycles. The summed E-state index contributed by atoms with van der Waals surface area (Å²) in [6.07, 6.45) is -18.4. The highest BCUT2D eigenvalue weighted by molar-refractivity contribution is 5.97. The minimum Gasteiger partial charge on any atom is -0.504 e. The standard InChI is InChI=1S/C41H32O28/c42-15-1-10(2-16(43)26(15)51)35(56)62-9-22-31-33(68-41(61)63-12-5-19(46)28(53)20(47)6-12)34(40(64-22)69-36(57)11-3-17(44)27(52)18(45)4-11)67-37(58)13-7-21(48)29(54)32-25(13)24(30(55)39(60)66-32)14(8-23(49)50)38(59)65-31/h1-7,14,22,24,30-31,33-34,40,42-48,51-55H,8-9H2,(H,49,50)/t14-,22+,24-,30-,31+,33-,34+,40-/m0/s1. The smallest absolute Gasteiger partial charge is 0.504 e. The Morgan fingerprint density at radius 2 is 1.13 bits per heavy atom. The summed E-state index contributed by atoms with van der Waals surface area (Å²) in [6.45, 7) is -1.29. The van der Waals surface area contributed by atoms with Crippen LogP contribution in [0.5, 0.6) is 74.7 Å². The van der Waals surface area contributed by atoms with Crippen LogP contribution < -0.4 is 9.47 Å². The van der Waals surface area contributed by atoms with E-state index < -0.39 is 201 Å². The summed E-state index contributed by atoms with van der Waals surface area (Å²) in [4.78, 5) is 95.1. The summed E-state index contributed by atoms with van der Waals surface area (Å²) < 4.78 is 43.3. The Morgan fingerprint density at radius 3 is 1.68 bits per heavy atom. The Kier molecular flexibility index (Phi) is 12.5. The molecule has 7 rings (SSSR count). The molecule has 28 heteroatoms. The van der Waals surface area contributed by atoms with Crippen molar-refractivity contribution in [2.24, 2.45) is 5.92 Å². The van der Waals surface area contributed by atoms with E-state index >= 15 is 0 Å². The molecule has 4 aromatic rings. The number of rotatable bonds is 9. The Labute approximate surface area is 380 Å². The van der Waals surface area contributed by atoms with Crippen LogP contribution in [0.3, 0.4) is 0 Å². The van der Waals surface area contributed by atoms with Crippen LogP contribution in [-0.4, -0.2) is 152 Å². The number of aliphatic hydroxyl groups is 1. The molecule has 0 radical (unpaired) electrons. The number of aliphatic hydroxyl groups excluding tert-OH is 1. The summed E-state index contributed by atoms with van der Waals surface area (Å²) in [5.41, 5.74) is -3.36. The number of esters is 5. The molecule has 0 aromatic heterocycles. The molecule has 1 fully saturated rings. The van der Waals surface area contributed by atoms with Gasteiger partial charge in [0.25, 0.3) is 0 Å². The molecule has 3 aliphatic rings. The second-order valence-corrected chi connectivity index (χ2v) is 14.9. The molecule has 1 saturated heterocycles. The van der Waals surface area contributed by atoms with Gasteiger partial charge in [0, 0.05) is 23.6 Å². The Bertz CT molecular complexity index is 2770. The molecule has 0 spiro atoms. The number of carboxylic acid groups (broad SMARTS) is 1. The maximum Gasteiger partial charge on any atom is 0.514 e. The monoisotopic (exact) mass is 972 g/mol. The number of carbonyl (C=O) groups excluding carboxylic acids is 6. The van der Waals surface area contributed by atoms with E-state index in [1.54, 1.807) is 0 Å². The number of aliphatic carboxylic acids is 1. The Balaban J connectivity index is 1.41. The first-order valence-electron chi connectivity index (χ1n) is 19.2. The Morgan fingerprint density at radius 1 is 0.609 bits per heavy atom. The van der Waals surface area contributed by atoms with Crippen LogP contribution in [0.2, 0.25) is 0 Å². The topological polar surface area (TPSA) is 456 Å². The highest BCUT2D eigenvalue weighted by Crippen LogP contribution is 2.51. The van der Waals surface area contributed by atoms with Crippen LogP contribution >= 0.6 is 0 Å². The molecule has 3 aliphatic heterocycles. The molecular formula is C41H32O28. The van der Waals surface area contributed by atoms with E-state index in [0.717, 1.165) is 0 Å². The van der Waals surface area contributed by atoms with Crippen LogP contribution in [0.4, 0.5) is 4.79 Å². The van der Waals surface area contributed by atoms with Crippen molar-refractivity contribution in [3.63, 3.8) is 0 Å². The fourth-order valence-electron chi connectivity index (χ4n) is 7.33. The molecule has 2 bridgehead atoms. The molecule has 3 heterocycles. The van der Waals surface area contributed by atoms with Crippen LogP contribution in [0, 0.1) is 5.92 Å². The van der Waals surface area contributed by atoms with Gasteiger partial charge in [0.2, 0.25) is 23.9 Å². The van der Waals surface area contributed by atoms with E-state index in [0.29, 0.717) is 42.5 Å². The van der Waals surface area contributed by atoms with Crippen LogP contribution in [0.15, 0.2) is 42.5 Å². The number of carboxylic acids is 1. The third kappa shape index (κ3) is 9.14. The quantitative estimate of drug-likeness (QED) is 0.0354. The number of hydrogen-bond acceptors (Lipinski definition) is 27. The normalized spacial score (nSPS) is 22.8. The van der Waals surface area contributed by atoms with Gasteiger partial charge in [0.15, 0.2) is 75.8 Å². The lowest BCUT2D eigenvalue weighted by atomic mass is 9.76. The molecule has 0 saturated carbocycles. The van der Waals surface area contributed by atoms with Gasteiger partial charge in [0.05, 0.1) is 29.0 Å². The zero-order valence-electron chi connectivity index (χ0n) is 34.0. The van der Waals surface area contributed by atoms with E-state index in [-0.39, 0.29) is 0 Å². The highest BCUT2D eigenvalue weighted by Gasteiger charge is 2.58. The van der Waals surface area contributed by atoms with Crippen LogP contribution in [0.1, 0.15) is 49.0 Å². The number of phenolic OH excluding ortho intramolecular Hbond substituents is 11. The van der Waals surface area contributed by atoms with E-state index in [9.17, 15) is 99.9 Å². The molecule has 8 atom stereocenters. The number of benzene rings is 4. The van der Waals surface area contributed by atoms with Crippen molar-refractivity contribution in [2.45, 2.75) is 49.1 Å². The molecule has 69 heavy (non-hydrogen) atoms. The van der Waals surface area contributed by atoms with E-state index in [4.69, 9.17) is 37.9 Å². The number of aromatic hydroxyl groups is 11. The second-order valence-electron chi connectivity index (χ2n) is 14.9. The number of carbonyl (C=O) groups is 7. The first kappa shape index (κ1) is 47.6. The van der Waals surface area contributed by atoms with Crippen molar-refractivity contribution in [3.8, 4) is 74.7 Å². The van der Waals surface area contributed by atoms with Gasteiger partial charge in [-0.25, -0.2) is 24.0 Å². The average molecular weight is 973 g/mol. The predicted octanol–water partition coefficient (Wildman–Crippen LogP) is 0.376. The van der Waals surface area contributed by atoms with Crippen molar-refractivity contribution >= 4 is 42.0 Å². The van der Waals surface area contributed by atoms with Gasteiger partial charge in [-0.05, 0) is 30.3 Å². The summed E-state index contributed by atoms with van der Waals surface area (Å²) >= 11 is 0. The molecule has 0 unspecified atom stereocenters. The average Bonchev–Trinajstić information content (AvgIpc) is 3.28. The molecular weight excluding hydrogens is 940 g/mol. The van der Waals surface area contributed by atoms with Gasteiger partial charge in [-0.15, -0.1) is 0 Å². The summed E-state index contributed by atoms with van der Waals surface area (Å²) in [5.74, 6) is -28.9. The summed E-state index contributed by atoms with van der Waals surface area (Å²) in [5, 5.41) is 132. The molecule has 28 nitrogen and oxygen atoms in total. The Hall–Kier alpha value is -9.31. The largest absolute Gasteiger partial charge is 0.514 e. The van der Waals surface area contributed by atoms with Gasteiger partial charge >= 0.3 is 42.0 Å². The lowest BCUT2D eigenvalue weighted by molar-refractivity contribution is -0.288. The van der Waals surface area contributed by atoms with Crippen molar-refractivity contribution in [3.05, 3.63) is 64.7 Å². The predicted molar refractivity (Wildman–Crippen MR) is 209 cm³/mol. The zero-order chi connectivity index (χ0) is 50.5. The minimum absolute atomic E-state index is 0.440. The molecule has 13 N–H and O–H groups in total. The fourth-order valence-corrected chi connectivity index (χ4v) is 7.33. The van der Waals surface area contributed by atoms with Gasteiger partial charge < -0.3 is 104 Å². The summed E-state index contributed by atoms with van der Waals surface area (Å²) in [7, 11) is 0. The van der Waals surface area contributed by atoms with E-state index in [1.165, 1.54) is 0 Å². The second kappa shape index (κ2) is 18.2. The fraction of sp³-hybridized carbons (Fsp3) is 0.244. The summed E-state index contributed by atoms with van der Waals surface area (Å²) in [6, 6.07) is 3.87. The van der Waals surface area contributed by atoms with Gasteiger partial charge in [0.1, 0.15) is 18.5 Å². The van der Waals surface area contributed by atoms with E-state index in [2.05, 4.69) is 0 Å². The van der Waals surface area contributed by atoms with Crippen molar-refractivity contribution in [2.75, 3.05) is 6.61 Å². The van der Waals surface area contributed by atoms with Crippen LogP contribution in [0.25, 0.3) is 0 Å². The van der Waals surface area contributed by atoms with Crippen molar-refractivity contribution < 1.29 is 138 Å². The number of fused-ring (bicyclic) bond motifs is 2. The van der Waals surface area contributed by atoms with Crippen molar-refractivity contribution in [1.82, 2.24) is 0 Å². The lowest BCUT2D eigenvalue weighted by Crippen LogP contribution is -2.63. The third-order valence-corrected chi connectivity index (χ3v) is 10.5. The zero-order valence-corrected chi connectivity index (χ0v) is 34.0. The first-order chi connectivity index (χ1) is 32.4. The molecule has 0 amide bonds. The first-order valence-corrected chi connectivity index (χ1v) is 19.2. The van der Waals surface area contributed by atoms with Crippen molar-refractivity contribution in [1.29, 1.82) is 0 Å². The maximum absolute atomic E-state index is 14.5. The SMILES string of the molecule is O=C(O)C[C@@H]1C(=O)O[C@H]2[C@H](OC(=O)Oc3cc(O)c(O)c(O)c3)[C@@H](OC(=O)c3cc(O)c(O)c4c3[C@H]1[C@H](O)C(=O)O4)[C@H](OC(=O)c1cc(O)c(O)c(O)c1)O[C@@H]2COC(=O)c1cc(O)c(O)c(O)c1. The third-order valence-electron chi connectivity index (χ3n) is 10.5. The van der Waals surface area contributed by atoms with Crippen LogP contribution in [-0.2, 0) is 42.8 Å². The number of phenols is 11.